The van der Waals surface area contributed by atoms with Crippen molar-refractivity contribution < 1.29 is 9.53 Å². The van der Waals surface area contributed by atoms with Crippen molar-refractivity contribution in [1.29, 1.82) is 0 Å². The van der Waals surface area contributed by atoms with E-state index in [0.717, 1.165) is 22.7 Å². The molecule has 134 valence electrons. The molecule has 1 amide bonds. The van der Waals surface area contributed by atoms with Crippen molar-refractivity contribution in [2.45, 2.75) is 6.92 Å². The highest BCUT2D eigenvalue weighted by molar-refractivity contribution is 8.18. The Morgan fingerprint density at radius 3 is 2.42 bits per heavy atom. The third kappa shape index (κ3) is 4.46. The van der Waals surface area contributed by atoms with Crippen LogP contribution in [0.25, 0.3) is 6.08 Å². The van der Waals surface area contributed by atoms with Crippen LogP contribution in [0.2, 0.25) is 0 Å². The second-order valence-electron chi connectivity index (χ2n) is 5.89. The van der Waals surface area contributed by atoms with Gasteiger partial charge in [0, 0.05) is 19.8 Å². The number of amidine groups is 1. The topological polar surface area (TPSA) is 53.9 Å². The minimum Gasteiger partial charge on any atom is -0.494 e. The van der Waals surface area contributed by atoms with E-state index in [4.69, 9.17) is 4.74 Å². The van der Waals surface area contributed by atoms with Gasteiger partial charge in [0.15, 0.2) is 5.17 Å². The number of carbonyl (C=O) groups excluding carboxylic acids is 1. The Labute approximate surface area is 157 Å². The van der Waals surface area contributed by atoms with Crippen molar-refractivity contribution in [3.8, 4) is 5.75 Å². The quantitative estimate of drug-likeness (QED) is 0.810. The maximum Gasteiger partial charge on any atom is 0.264 e. The lowest BCUT2D eigenvalue weighted by Crippen LogP contribution is -2.19. The number of nitrogens with zero attached hydrogens (tertiary/aromatic N) is 2. The monoisotopic (exact) mass is 367 g/mol. The summed E-state index contributed by atoms with van der Waals surface area (Å²) in [5, 5.41) is 3.39. The molecule has 0 radical (unpaired) electrons. The number of aliphatic imine (C=N–C) groups is 1. The molecule has 0 aliphatic carbocycles. The van der Waals surface area contributed by atoms with E-state index in [1.165, 1.54) is 11.8 Å². The summed E-state index contributed by atoms with van der Waals surface area (Å²) in [4.78, 5) is 19.3. The summed E-state index contributed by atoms with van der Waals surface area (Å²) in [5.74, 6) is 0.678. The predicted molar refractivity (Wildman–Crippen MR) is 109 cm³/mol. The molecule has 1 aliphatic rings. The number of carbonyl (C=O) groups is 1. The van der Waals surface area contributed by atoms with Gasteiger partial charge in [-0.15, -0.1) is 0 Å². The van der Waals surface area contributed by atoms with E-state index < -0.39 is 0 Å². The number of nitrogens with one attached hydrogen (secondary N) is 1. The van der Waals surface area contributed by atoms with Gasteiger partial charge in [-0.25, -0.2) is 4.99 Å². The maximum absolute atomic E-state index is 12.2. The average molecular weight is 367 g/mol. The zero-order valence-corrected chi connectivity index (χ0v) is 15.8. The van der Waals surface area contributed by atoms with Crippen LogP contribution in [0.15, 0.2) is 58.4 Å². The number of anilines is 1. The Hall–Kier alpha value is -2.73. The van der Waals surface area contributed by atoms with E-state index in [9.17, 15) is 4.79 Å². The first-order chi connectivity index (χ1) is 12.5. The molecule has 5 nitrogen and oxygen atoms in total. The SMILES string of the molecule is CCOc1ccc(N=C2NC(=O)/C(=C\c3ccc(N(C)C)cc3)S2)cc1. The lowest BCUT2D eigenvalue weighted by molar-refractivity contribution is -0.115. The number of rotatable bonds is 5. The van der Waals surface area contributed by atoms with Crippen molar-refractivity contribution in [2.24, 2.45) is 4.99 Å². The smallest absolute Gasteiger partial charge is 0.264 e. The van der Waals surface area contributed by atoms with Gasteiger partial charge in [0.2, 0.25) is 0 Å². The summed E-state index contributed by atoms with van der Waals surface area (Å²) < 4.78 is 5.42. The first-order valence-corrected chi connectivity index (χ1v) is 9.16. The Bertz CT molecular complexity index is 840. The largest absolute Gasteiger partial charge is 0.494 e. The van der Waals surface area contributed by atoms with Crippen LogP contribution in [0, 0.1) is 0 Å². The molecule has 26 heavy (non-hydrogen) atoms. The molecule has 3 rings (SSSR count). The highest BCUT2D eigenvalue weighted by Crippen LogP contribution is 2.29. The minimum absolute atomic E-state index is 0.128. The van der Waals surface area contributed by atoms with Crippen molar-refractivity contribution in [3.05, 3.63) is 59.0 Å². The van der Waals surface area contributed by atoms with Crippen LogP contribution in [0.4, 0.5) is 11.4 Å². The summed E-state index contributed by atoms with van der Waals surface area (Å²) in [7, 11) is 3.99. The Morgan fingerprint density at radius 2 is 1.81 bits per heavy atom. The first-order valence-electron chi connectivity index (χ1n) is 8.35. The van der Waals surface area contributed by atoms with Crippen LogP contribution in [0.1, 0.15) is 12.5 Å². The molecule has 0 spiro atoms. The third-order valence-electron chi connectivity index (χ3n) is 3.74. The Morgan fingerprint density at radius 1 is 1.12 bits per heavy atom. The normalized spacial score (nSPS) is 16.8. The first kappa shape index (κ1) is 18.1. The minimum atomic E-state index is -0.128. The molecule has 1 saturated heterocycles. The molecule has 0 atom stereocenters. The summed E-state index contributed by atoms with van der Waals surface area (Å²) in [6.07, 6.45) is 1.88. The van der Waals surface area contributed by atoms with Gasteiger partial charge in [-0.05, 0) is 66.7 Å². The van der Waals surface area contributed by atoms with E-state index in [1.54, 1.807) is 0 Å². The van der Waals surface area contributed by atoms with Gasteiger partial charge < -0.3 is 15.0 Å². The average Bonchev–Trinajstić information content (AvgIpc) is 2.96. The van der Waals surface area contributed by atoms with Crippen LogP contribution >= 0.6 is 11.8 Å². The van der Waals surface area contributed by atoms with Gasteiger partial charge in [0.25, 0.3) is 5.91 Å². The zero-order valence-electron chi connectivity index (χ0n) is 15.0. The number of amides is 1. The van der Waals surface area contributed by atoms with Gasteiger partial charge in [0.05, 0.1) is 17.2 Å². The number of benzene rings is 2. The van der Waals surface area contributed by atoms with Crippen LogP contribution in [0.3, 0.4) is 0 Å². The van der Waals surface area contributed by atoms with Gasteiger partial charge in [0.1, 0.15) is 5.75 Å². The lowest BCUT2D eigenvalue weighted by atomic mass is 10.2. The van der Waals surface area contributed by atoms with Crippen LogP contribution < -0.4 is 15.0 Å². The second-order valence-corrected chi connectivity index (χ2v) is 6.93. The van der Waals surface area contributed by atoms with Gasteiger partial charge in [-0.3, -0.25) is 4.79 Å². The zero-order chi connectivity index (χ0) is 18.5. The number of hydrogen-bond donors (Lipinski definition) is 1. The molecule has 1 aliphatic heterocycles. The van der Waals surface area contributed by atoms with Crippen molar-refractivity contribution in [1.82, 2.24) is 5.32 Å². The molecule has 0 bridgehead atoms. The molecule has 1 heterocycles. The summed E-state index contributed by atoms with van der Waals surface area (Å²) in [5.41, 5.74) is 2.87. The Balaban J connectivity index is 1.73. The fourth-order valence-corrected chi connectivity index (χ4v) is 3.24. The maximum atomic E-state index is 12.2. The summed E-state index contributed by atoms with van der Waals surface area (Å²) in [6.45, 7) is 2.57. The molecule has 1 fully saturated rings. The highest BCUT2D eigenvalue weighted by Gasteiger charge is 2.23. The molecule has 0 unspecified atom stereocenters. The molecule has 1 N–H and O–H groups in total. The summed E-state index contributed by atoms with van der Waals surface area (Å²) in [6, 6.07) is 15.5. The molecule has 0 aromatic heterocycles. The lowest BCUT2D eigenvalue weighted by Gasteiger charge is -2.11. The second kappa shape index (κ2) is 8.10. The van der Waals surface area contributed by atoms with Crippen molar-refractivity contribution >= 4 is 40.3 Å². The molecule has 6 heteroatoms. The van der Waals surface area contributed by atoms with Gasteiger partial charge in [-0.2, -0.15) is 0 Å². The number of ether oxygens (including phenoxy) is 1. The summed E-state index contributed by atoms with van der Waals surface area (Å²) >= 11 is 1.34. The van der Waals surface area contributed by atoms with E-state index in [2.05, 4.69) is 10.3 Å². The highest BCUT2D eigenvalue weighted by atomic mass is 32.2. The van der Waals surface area contributed by atoms with E-state index in [0.29, 0.717) is 16.7 Å². The molecular formula is C20H21N3O2S. The predicted octanol–water partition coefficient (Wildman–Crippen LogP) is 4.04. The fourth-order valence-electron chi connectivity index (χ4n) is 2.40. The van der Waals surface area contributed by atoms with E-state index in [1.807, 2.05) is 80.5 Å². The molecule has 2 aromatic carbocycles. The van der Waals surface area contributed by atoms with Crippen LogP contribution in [-0.2, 0) is 4.79 Å². The molecular weight excluding hydrogens is 346 g/mol. The van der Waals surface area contributed by atoms with Gasteiger partial charge >= 0.3 is 0 Å². The van der Waals surface area contributed by atoms with Gasteiger partial charge in [-0.1, -0.05) is 12.1 Å². The van der Waals surface area contributed by atoms with Crippen LogP contribution in [-0.4, -0.2) is 31.8 Å². The van der Waals surface area contributed by atoms with Crippen molar-refractivity contribution in [2.75, 3.05) is 25.6 Å². The Kier molecular flexibility index (Phi) is 5.63. The fraction of sp³-hybridized carbons (Fsp3) is 0.200. The molecule has 0 saturated carbocycles. The van der Waals surface area contributed by atoms with Crippen LogP contribution in [0.5, 0.6) is 5.75 Å². The van der Waals surface area contributed by atoms with Crippen molar-refractivity contribution in [3.63, 3.8) is 0 Å². The van der Waals surface area contributed by atoms with E-state index in [-0.39, 0.29) is 5.91 Å². The van der Waals surface area contributed by atoms with E-state index >= 15 is 0 Å². The molecule has 2 aromatic rings. The standard InChI is InChI=1S/C20H21N3O2S/c1-4-25-17-11-7-15(8-12-17)21-20-22-19(24)18(26-20)13-14-5-9-16(10-6-14)23(2)3/h5-13H,4H2,1-3H3,(H,21,22,24)/b18-13+. The third-order valence-corrected chi connectivity index (χ3v) is 4.65. The number of thioether (sulfide) groups is 1. The number of hydrogen-bond acceptors (Lipinski definition) is 5.